The molecule has 1 N–H and O–H groups in total. The summed E-state index contributed by atoms with van der Waals surface area (Å²) >= 11 is 5.90. The smallest absolute Gasteiger partial charge is 0.172 e. The Kier molecular flexibility index (Phi) is 4.17. The molecule has 0 aliphatic rings. The lowest BCUT2D eigenvalue weighted by atomic mass is 10.1. The lowest BCUT2D eigenvalue weighted by Gasteiger charge is -2.27. The molecule has 0 radical (unpaired) electrons. The third kappa shape index (κ3) is 2.78. The van der Waals surface area contributed by atoms with Crippen LogP contribution in [0, 0.1) is 5.82 Å². The first-order valence-electron chi connectivity index (χ1n) is 5.07. The van der Waals surface area contributed by atoms with Crippen molar-refractivity contribution in [1.82, 2.24) is 0 Å². The minimum absolute atomic E-state index is 0.138. The highest BCUT2D eigenvalue weighted by Crippen LogP contribution is 2.37. The van der Waals surface area contributed by atoms with Gasteiger partial charge in [-0.25, -0.2) is 12.8 Å². The van der Waals surface area contributed by atoms with E-state index in [1.54, 1.807) is 0 Å². The standard InChI is InChI=1S/C11H14ClFO3S/c1-3-17(15,16)11(2,12)10(14)8-5-4-6-9(13)7-8/h4-7,10,14H,3H2,1-2H3/t10-,11-/m1/s1. The van der Waals surface area contributed by atoms with Crippen molar-refractivity contribution in [3.05, 3.63) is 35.6 Å². The number of halogens is 2. The van der Waals surface area contributed by atoms with Crippen LogP contribution in [0.25, 0.3) is 0 Å². The van der Waals surface area contributed by atoms with Crippen LogP contribution < -0.4 is 0 Å². The van der Waals surface area contributed by atoms with Crippen molar-refractivity contribution in [2.24, 2.45) is 0 Å². The number of hydrogen-bond acceptors (Lipinski definition) is 3. The Hall–Kier alpha value is -0.650. The second-order valence-electron chi connectivity index (χ2n) is 3.85. The number of benzene rings is 1. The maximum atomic E-state index is 13.0. The van der Waals surface area contributed by atoms with Crippen LogP contribution in [-0.2, 0) is 9.84 Å². The average molecular weight is 281 g/mol. The predicted octanol–water partition coefficient (Wildman–Crippen LogP) is 2.25. The van der Waals surface area contributed by atoms with Crippen LogP contribution >= 0.6 is 11.6 Å². The van der Waals surface area contributed by atoms with Crippen molar-refractivity contribution < 1.29 is 17.9 Å². The molecule has 0 spiro atoms. The molecule has 1 aromatic rings. The molecule has 0 unspecified atom stereocenters. The molecule has 0 saturated heterocycles. The summed E-state index contributed by atoms with van der Waals surface area (Å²) < 4.78 is 34.6. The molecule has 1 rings (SSSR count). The van der Waals surface area contributed by atoms with E-state index in [0.717, 1.165) is 6.07 Å². The highest BCUT2D eigenvalue weighted by Gasteiger charge is 2.43. The quantitative estimate of drug-likeness (QED) is 0.861. The van der Waals surface area contributed by atoms with E-state index in [-0.39, 0.29) is 11.3 Å². The first-order chi connectivity index (χ1) is 7.72. The predicted molar refractivity (Wildman–Crippen MR) is 65.1 cm³/mol. The van der Waals surface area contributed by atoms with E-state index in [9.17, 15) is 17.9 Å². The Morgan fingerprint density at radius 1 is 1.53 bits per heavy atom. The van der Waals surface area contributed by atoms with Gasteiger partial charge in [-0.05, 0) is 24.6 Å². The van der Waals surface area contributed by atoms with Crippen molar-refractivity contribution in [1.29, 1.82) is 0 Å². The number of aliphatic hydroxyl groups excluding tert-OH is 1. The van der Waals surface area contributed by atoms with Crippen molar-refractivity contribution >= 4 is 21.4 Å². The molecular formula is C11H14ClFO3S. The van der Waals surface area contributed by atoms with E-state index >= 15 is 0 Å². The lowest BCUT2D eigenvalue weighted by molar-refractivity contribution is 0.162. The van der Waals surface area contributed by atoms with Crippen molar-refractivity contribution in [3.63, 3.8) is 0 Å². The van der Waals surface area contributed by atoms with E-state index in [1.807, 2.05) is 0 Å². The highest BCUT2D eigenvalue weighted by atomic mass is 35.5. The van der Waals surface area contributed by atoms with E-state index in [2.05, 4.69) is 0 Å². The van der Waals surface area contributed by atoms with Gasteiger partial charge in [0.1, 0.15) is 11.9 Å². The minimum atomic E-state index is -3.66. The Bertz CT molecular complexity index is 499. The SMILES string of the molecule is CCS(=O)(=O)[C@@](C)(Cl)[C@H](O)c1cccc(F)c1. The summed E-state index contributed by atoms with van der Waals surface area (Å²) in [5.41, 5.74) is 0.138. The number of rotatable bonds is 4. The van der Waals surface area contributed by atoms with Gasteiger partial charge in [0.25, 0.3) is 0 Å². The summed E-state index contributed by atoms with van der Waals surface area (Å²) in [5, 5.41) is 9.96. The molecule has 96 valence electrons. The van der Waals surface area contributed by atoms with Crippen molar-refractivity contribution in [3.8, 4) is 0 Å². The van der Waals surface area contributed by atoms with Gasteiger partial charge in [-0.1, -0.05) is 30.7 Å². The van der Waals surface area contributed by atoms with Gasteiger partial charge in [-0.2, -0.15) is 0 Å². The summed E-state index contributed by atoms with van der Waals surface area (Å²) in [5.74, 6) is -0.748. The molecular weight excluding hydrogens is 267 g/mol. The van der Waals surface area contributed by atoms with Crippen molar-refractivity contribution in [2.45, 2.75) is 24.2 Å². The van der Waals surface area contributed by atoms with Crippen LogP contribution in [0.4, 0.5) is 4.39 Å². The third-order valence-electron chi connectivity index (χ3n) is 2.64. The molecule has 6 heteroatoms. The molecule has 1 aromatic carbocycles. The first-order valence-corrected chi connectivity index (χ1v) is 7.10. The number of alkyl halides is 1. The molecule has 0 fully saturated rings. The Labute approximate surface area is 105 Å². The lowest BCUT2D eigenvalue weighted by Crippen LogP contribution is -2.37. The van der Waals surface area contributed by atoms with E-state index in [0.29, 0.717) is 0 Å². The average Bonchev–Trinajstić information content (AvgIpc) is 2.27. The van der Waals surface area contributed by atoms with Gasteiger partial charge < -0.3 is 5.11 Å². The summed E-state index contributed by atoms with van der Waals surface area (Å²) in [7, 11) is -3.66. The molecule has 0 aliphatic heterocycles. The van der Waals surface area contributed by atoms with Gasteiger partial charge in [-0.3, -0.25) is 0 Å². The van der Waals surface area contributed by atoms with Crippen molar-refractivity contribution in [2.75, 3.05) is 5.75 Å². The number of hydrogen-bond donors (Lipinski definition) is 1. The second kappa shape index (κ2) is 4.92. The molecule has 3 nitrogen and oxygen atoms in total. The second-order valence-corrected chi connectivity index (χ2v) is 7.51. The highest BCUT2D eigenvalue weighted by molar-refractivity contribution is 7.94. The van der Waals surface area contributed by atoms with Gasteiger partial charge in [0.15, 0.2) is 14.0 Å². The maximum Gasteiger partial charge on any atom is 0.172 e. The van der Waals surface area contributed by atoms with E-state index in [4.69, 9.17) is 11.6 Å². The summed E-state index contributed by atoms with van der Waals surface area (Å²) in [6.45, 7) is 2.65. The van der Waals surface area contributed by atoms with Crippen LogP contribution in [0.3, 0.4) is 0 Å². The maximum absolute atomic E-state index is 13.0. The fraction of sp³-hybridized carbons (Fsp3) is 0.455. The molecule has 0 heterocycles. The summed E-state index contributed by atoms with van der Waals surface area (Å²) in [6, 6.07) is 5.09. The van der Waals surface area contributed by atoms with Gasteiger partial charge in [0.05, 0.1) is 0 Å². The molecule has 17 heavy (non-hydrogen) atoms. The van der Waals surface area contributed by atoms with E-state index < -0.39 is 26.0 Å². The van der Waals surface area contributed by atoms with Gasteiger partial charge >= 0.3 is 0 Å². The van der Waals surface area contributed by atoms with Crippen LogP contribution in [0.5, 0.6) is 0 Å². The largest absolute Gasteiger partial charge is 0.385 e. The summed E-state index contributed by atoms with van der Waals surface area (Å²) in [6.07, 6.45) is -1.48. The van der Waals surface area contributed by atoms with Gasteiger partial charge in [-0.15, -0.1) is 0 Å². The van der Waals surface area contributed by atoms with Gasteiger partial charge in [0.2, 0.25) is 0 Å². The molecule has 0 aromatic heterocycles. The fourth-order valence-electron chi connectivity index (χ4n) is 1.43. The molecule has 0 amide bonds. The van der Waals surface area contributed by atoms with E-state index in [1.165, 1.54) is 32.0 Å². The van der Waals surface area contributed by atoms with Crippen LogP contribution in [0.2, 0.25) is 0 Å². The Morgan fingerprint density at radius 2 is 2.12 bits per heavy atom. The minimum Gasteiger partial charge on any atom is -0.385 e. The molecule has 2 atom stereocenters. The number of aliphatic hydroxyl groups is 1. The zero-order valence-electron chi connectivity index (χ0n) is 9.52. The molecule has 0 saturated carbocycles. The third-order valence-corrected chi connectivity index (χ3v) is 5.75. The monoisotopic (exact) mass is 280 g/mol. The van der Waals surface area contributed by atoms with Crippen LogP contribution in [0.15, 0.2) is 24.3 Å². The van der Waals surface area contributed by atoms with Gasteiger partial charge in [0, 0.05) is 5.75 Å². The normalized spacial score (nSPS) is 17.5. The molecule has 0 bridgehead atoms. The number of sulfone groups is 1. The van der Waals surface area contributed by atoms with Crippen LogP contribution in [0.1, 0.15) is 25.5 Å². The summed E-state index contributed by atoms with van der Waals surface area (Å²) in [4.78, 5) is 0. The zero-order chi connectivity index (χ0) is 13.3. The topological polar surface area (TPSA) is 54.4 Å². The Morgan fingerprint density at radius 3 is 2.59 bits per heavy atom. The molecule has 0 aliphatic carbocycles. The first kappa shape index (κ1) is 14.4. The van der Waals surface area contributed by atoms with Crippen LogP contribution in [-0.4, -0.2) is 23.5 Å². The fourth-order valence-corrected chi connectivity index (χ4v) is 2.92. The zero-order valence-corrected chi connectivity index (χ0v) is 11.1. The Balaban J connectivity index is 3.17.